The van der Waals surface area contributed by atoms with Crippen molar-refractivity contribution in [3.8, 4) is 0 Å². The van der Waals surface area contributed by atoms with Crippen LogP contribution in [0, 0.1) is 5.92 Å². The van der Waals surface area contributed by atoms with Gasteiger partial charge >= 0.3 is 0 Å². The highest BCUT2D eigenvalue weighted by molar-refractivity contribution is 6.30. The molecule has 0 aromatic heterocycles. The number of fused-ring (bicyclic) bond motifs is 3. The van der Waals surface area contributed by atoms with Crippen LogP contribution in [0.5, 0.6) is 0 Å². The van der Waals surface area contributed by atoms with E-state index in [9.17, 15) is 4.79 Å². The standard InChI is InChI=1S/C27H25ClN2O/c1-30(17-18-7-3-2-4-8-18)27(31)24-12-6-11-23-21-9-5-10-22(21)25(29-26(23)24)19-13-15-20(28)16-14-19/h2-9,11-16,21-22,25,29H,10,17H2,1H3. The number of nitrogens with zero attached hydrogens (tertiary/aromatic N) is 1. The Labute approximate surface area is 188 Å². The van der Waals surface area contributed by atoms with E-state index in [1.165, 1.54) is 11.1 Å². The van der Waals surface area contributed by atoms with Gasteiger partial charge in [0.15, 0.2) is 0 Å². The topological polar surface area (TPSA) is 32.3 Å². The molecule has 0 saturated carbocycles. The Hall–Kier alpha value is -3.04. The summed E-state index contributed by atoms with van der Waals surface area (Å²) in [5, 5.41) is 4.48. The van der Waals surface area contributed by atoms with Crippen molar-refractivity contribution in [3.63, 3.8) is 0 Å². The van der Waals surface area contributed by atoms with Gasteiger partial charge in [0.2, 0.25) is 0 Å². The van der Waals surface area contributed by atoms with Crippen LogP contribution in [0.1, 0.15) is 45.4 Å². The van der Waals surface area contributed by atoms with E-state index in [1.807, 2.05) is 61.6 Å². The molecule has 3 nitrogen and oxygen atoms in total. The maximum atomic E-state index is 13.5. The molecule has 31 heavy (non-hydrogen) atoms. The van der Waals surface area contributed by atoms with Crippen LogP contribution in [0.3, 0.4) is 0 Å². The normalized spacial score (nSPS) is 21.2. The summed E-state index contributed by atoms with van der Waals surface area (Å²) in [4.78, 5) is 15.2. The van der Waals surface area contributed by atoms with E-state index in [0.29, 0.717) is 18.4 Å². The van der Waals surface area contributed by atoms with Gasteiger partial charge < -0.3 is 10.2 Å². The molecule has 1 N–H and O–H groups in total. The first-order valence-corrected chi connectivity index (χ1v) is 11.1. The zero-order valence-corrected chi connectivity index (χ0v) is 18.2. The van der Waals surface area contributed by atoms with E-state index >= 15 is 0 Å². The van der Waals surface area contributed by atoms with E-state index < -0.39 is 0 Å². The van der Waals surface area contributed by atoms with Gasteiger partial charge in [0.05, 0.1) is 17.3 Å². The molecule has 3 unspecified atom stereocenters. The fourth-order valence-corrected chi connectivity index (χ4v) is 5.06. The average Bonchev–Trinajstić information content (AvgIpc) is 3.29. The maximum absolute atomic E-state index is 13.5. The Morgan fingerprint density at radius 3 is 2.58 bits per heavy atom. The van der Waals surface area contributed by atoms with Crippen LogP contribution in [-0.2, 0) is 6.54 Å². The number of hydrogen-bond acceptors (Lipinski definition) is 2. The molecule has 156 valence electrons. The van der Waals surface area contributed by atoms with Gasteiger partial charge in [0, 0.05) is 24.5 Å². The second kappa shape index (κ2) is 8.24. The summed E-state index contributed by atoms with van der Waals surface area (Å²) in [6.07, 6.45) is 5.59. The van der Waals surface area contributed by atoms with Crippen molar-refractivity contribution in [2.45, 2.75) is 24.9 Å². The molecule has 1 aliphatic heterocycles. The molecule has 1 amide bonds. The highest BCUT2D eigenvalue weighted by Gasteiger charge is 2.39. The van der Waals surface area contributed by atoms with Crippen LogP contribution in [0.4, 0.5) is 5.69 Å². The highest BCUT2D eigenvalue weighted by Crippen LogP contribution is 2.50. The van der Waals surface area contributed by atoms with Gasteiger partial charge in [0.1, 0.15) is 0 Å². The molecule has 1 aliphatic carbocycles. The van der Waals surface area contributed by atoms with Crippen molar-refractivity contribution in [2.75, 3.05) is 12.4 Å². The summed E-state index contributed by atoms with van der Waals surface area (Å²) in [5.74, 6) is 0.772. The molecular formula is C27H25ClN2O. The minimum Gasteiger partial charge on any atom is -0.377 e. The maximum Gasteiger partial charge on any atom is 0.256 e. The van der Waals surface area contributed by atoms with Gasteiger partial charge in [-0.3, -0.25) is 4.79 Å². The summed E-state index contributed by atoms with van der Waals surface area (Å²) in [6, 6.07) is 24.4. The van der Waals surface area contributed by atoms with Crippen molar-refractivity contribution in [3.05, 3.63) is 112 Å². The number of carbonyl (C=O) groups is 1. The SMILES string of the molecule is CN(Cc1ccccc1)C(=O)c1cccc2c1NC(c1ccc(Cl)cc1)C1CC=CC21. The molecule has 0 fully saturated rings. The van der Waals surface area contributed by atoms with Crippen LogP contribution >= 0.6 is 11.6 Å². The number of hydrogen-bond donors (Lipinski definition) is 1. The monoisotopic (exact) mass is 428 g/mol. The van der Waals surface area contributed by atoms with Gasteiger partial charge in [-0.25, -0.2) is 0 Å². The van der Waals surface area contributed by atoms with Crippen molar-refractivity contribution < 1.29 is 4.79 Å². The number of amides is 1. The molecule has 2 aliphatic rings. The lowest BCUT2D eigenvalue weighted by molar-refractivity contribution is 0.0785. The van der Waals surface area contributed by atoms with Crippen LogP contribution in [0.15, 0.2) is 84.9 Å². The summed E-state index contributed by atoms with van der Waals surface area (Å²) in [6.45, 7) is 0.579. The van der Waals surface area contributed by atoms with E-state index in [1.54, 1.807) is 4.90 Å². The average molecular weight is 429 g/mol. The highest BCUT2D eigenvalue weighted by atomic mass is 35.5. The first-order chi connectivity index (χ1) is 15.1. The summed E-state index contributed by atoms with van der Waals surface area (Å²) in [7, 11) is 1.87. The molecule has 1 heterocycles. The number of anilines is 1. The number of halogens is 1. The third kappa shape index (κ3) is 3.75. The van der Waals surface area contributed by atoms with E-state index in [4.69, 9.17) is 11.6 Å². The Bertz CT molecular complexity index is 1120. The van der Waals surface area contributed by atoms with Crippen LogP contribution in [0.2, 0.25) is 5.02 Å². The largest absolute Gasteiger partial charge is 0.377 e. The molecule has 0 saturated heterocycles. The third-order valence-electron chi connectivity index (χ3n) is 6.47. The number of rotatable bonds is 4. The zero-order valence-electron chi connectivity index (χ0n) is 17.5. The zero-order chi connectivity index (χ0) is 21.4. The van der Waals surface area contributed by atoms with E-state index in [2.05, 4.69) is 35.7 Å². The predicted octanol–water partition coefficient (Wildman–Crippen LogP) is 6.44. The first kappa shape index (κ1) is 19.9. The third-order valence-corrected chi connectivity index (χ3v) is 6.72. The number of benzene rings is 3. The van der Waals surface area contributed by atoms with Gasteiger partial charge in [-0.1, -0.05) is 78.4 Å². The van der Waals surface area contributed by atoms with Gasteiger partial charge in [0.25, 0.3) is 5.91 Å². The van der Waals surface area contributed by atoms with Gasteiger partial charge in [-0.15, -0.1) is 0 Å². The molecule has 3 aromatic carbocycles. The Morgan fingerprint density at radius 1 is 1.03 bits per heavy atom. The van der Waals surface area contributed by atoms with E-state index in [0.717, 1.165) is 28.3 Å². The molecule has 0 radical (unpaired) electrons. The summed E-state index contributed by atoms with van der Waals surface area (Å²) >= 11 is 6.13. The lowest BCUT2D eigenvalue weighted by atomic mass is 9.76. The quantitative estimate of drug-likeness (QED) is 0.485. The van der Waals surface area contributed by atoms with Crippen molar-refractivity contribution >= 4 is 23.2 Å². The second-order valence-corrected chi connectivity index (χ2v) is 8.88. The number of carbonyl (C=O) groups excluding carboxylic acids is 1. The molecule has 4 heteroatoms. The van der Waals surface area contributed by atoms with Crippen molar-refractivity contribution in [1.82, 2.24) is 4.90 Å². The number of allylic oxidation sites excluding steroid dienone is 2. The minimum absolute atomic E-state index is 0.0310. The Balaban J connectivity index is 1.50. The minimum atomic E-state index is 0.0310. The summed E-state index contributed by atoms with van der Waals surface area (Å²) < 4.78 is 0. The fourth-order valence-electron chi connectivity index (χ4n) is 4.93. The van der Waals surface area contributed by atoms with E-state index in [-0.39, 0.29) is 11.9 Å². The van der Waals surface area contributed by atoms with Gasteiger partial charge in [-0.2, -0.15) is 0 Å². The number of para-hydroxylation sites is 1. The Morgan fingerprint density at radius 2 is 1.81 bits per heavy atom. The molecule has 0 spiro atoms. The summed E-state index contributed by atoms with van der Waals surface area (Å²) in [5.41, 5.74) is 5.22. The molecular weight excluding hydrogens is 404 g/mol. The molecule has 0 bridgehead atoms. The smallest absolute Gasteiger partial charge is 0.256 e. The Kier molecular flexibility index (Phi) is 5.29. The first-order valence-electron chi connectivity index (χ1n) is 10.7. The molecule has 3 atom stereocenters. The van der Waals surface area contributed by atoms with Crippen LogP contribution in [0.25, 0.3) is 0 Å². The fraction of sp³-hybridized carbons (Fsp3) is 0.222. The lowest BCUT2D eigenvalue weighted by Gasteiger charge is -2.38. The molecule has 3 aromatic rings. The van der Waals surface area contributed by atoms with Crippen LogP contribution < -0.4 is 5.32 Å². The van der Waals surface area contributed by atoms with Crippen molar-refractivity contribution in [2.24, 2.45) is 5.92 Å². The number of nitrogens with one attached hydrogen (secondary N) is 1. The van der Waals surface area contributed by atoms with Crippen molar-refractivity contribution in [1.29, 1.82) is 0 Å². The molecule has 5 rings (SSSR count). The predicted molar refractivity (Wildman–Crippen MR) is 126 cm³/mol. The lowest BCUT2D eigenvalue weighted by Crippen LogP contribution is -2.32. The van der Waals surface area contributed by atoms with Gasteiger partial charge in [-0.05, 0) is 47.2 Å². The second-order valence-electron chi connectivity index (χ2n) is 8.44. The van der Waals surface area contributed by atoms with Crippen LogP contribution in [-0.4, -0.2) is 17.9 Å².